The molecule has 1 aromatic heterocycles. The summed E-state index contributed by atoms with van der Waals surface area (Å²) >= 11 is 0. The Morgan fingerprint density at radius 3 is 1.78 bits per heavy atom. The molecule has 1 fully saturated rings. The molecule has 0 unspecified atom stereocenters. The standard InChI is InChI=1S/C31H32N4O2/c1-31(2,35-28(36)19-18-27(32-35)24-12-6-3-7-13-24)30(37)34-22-20-33(21-23-34)29(25-14-8-4-9-15-25)26-16-10-5-11-17-26/h3-19,29H,20-23H2,1-2H3. The first-order valence-corrected chi connectivity index (χ1v) is 12.7. The van der Waals surface area contributed by atoms with E-state index in [0.29, 0.717) is 18.8 Å². The summed E-state index contributed by atoms with van der Waals surface area (Å²) in [4.78, 5) is 30.9. The molecule has 1 aliphatic heterocycles. The van der Waals surface area contributed by atoms with Crippen LogP contribution in [0.25, 0.3) is 11.3 Å². The molecule has 0 spiro atoms. The summed E-state index contributed by atoms with van der Waals surface area (Å²) in [5, 5.41) is 4.60. The lowest BCUT2D eigenvalue weighted by atomic mass is 9.96. The molecule has 1 aliphatic rings. The van der Waals surface area contributed by atoms with E-state index in [1.807, 2.05) is 47.4 Å². The Balaban J connectivity index is 1.35. The lowest BCUT2D eigenvalue weighted by molar-refractivity contribution is -0.142. The van der Waals surface area contributed by atoms with Crippen LogP contribution in [-0.2, 0) is 10.3 Å². The van der Waals surface area contributed by atoms with Crippen LogP contribution in [0.15, 0.2) is 108 Å². The molecule has 1 saturated heterocycles. The monoisotopic (exact) mass is 492 g/mol. The van der Waals surface area contributed by atoms with Crippen molar-refractivity contribution in [1.29, 1.82) is 0 Å². The first-order valence-electron chi connectivity index (χ1n) is 12.7. The van der Waals surface area contributed by atoms with Gasteiger partial charge in [-0.15, -0.1) is 0 Å². The van der Waals surface area contributed by atoms with E-state index in [2.05, 4.69) is 58.5 Å². The van der Waals surface area contributed by atoms with Crippen LogP contribution in [0.5, 0.6) is 0 Å². The second-order valence-corrected chi connectivity index (χ2v) is 9.95. The molecule has 4 aromatic rings. The maximum Gasteiger partial charge on any atom is 0.267 e. The second-order valence-electron chi connectivity index (χ2n) is 9.95. The highest BCUT2D eigenvalue weighted by Gasteiger charge is 2.38. The molecule has 37 heavy (non-hydrogen) atoms. The van der Waals surface area contributed by atoms with Crippen molar-refractivity contribution in [3.8, 4) is 11.3 Å². The van der Waals surface area contributed by atoms with Crippen LogP contribution >= 0.6 is 0 Å². The van der Waals surface area contributed by atoms with Gasteiger partial charge in [-0.2, -0.15) is 5.10 Å². The van der Waals surface area contributed by atoms with Crippen LogP contribution in [0.2, 0.25) is 0 Å². The minimum atomic E-state index is -1.11. The first kappa shape index (κ1) is 24.7. The molecule has 2 heterocycles. The zero-order chi connectivity index (χ0) is 25.8. The van der Waals surface area contributed by atoms with Crippen molar-refractivity contribution < 1.29 is 4.79 Å². The maximum atomic E-state index is 13.7. The smallest absolute Gasteiger partial charge is 0.267 e. The van der Waals surface area contributed by atoms with Gasteiger partial charge in [-0.25, -0.2) is 4.68 Å². The summed E-state index contributed by atoms with van der Waals surface area (Å²) < 4.78 is 1.33. The molecule has 0 saturated carbocycles. The molecule has 0 aliphatic carbocycles. The minimum Gasteiger partial charge on any atom is -0.338 e. The Bertz CT molecular complexity index is 1350. The number of carbonyl (C=O) groups is 1. The van der Waals surface area contributed by atoms with E-state index in [0.717, 1.165) is 18.7 Å². The van der Waals surface area contributed by atoms with Gasteiger partial charge in [-0.3, -0.25) is 14.5 Å². The number of aromatic nitrogens is 2. The Hall–Kier alpha value is -4.03. The Kier molecular flexibility index (Phi) is 7.01. The maximum absolute atomic E-state index is 13.7. The molecular formula is C31H32N4O2. The van der Waals surface area contributed by atoms with Crippen molar-refractivity contribution in [2.75, 3.05) is 26.2 Å². The third-order valence-corrected chi connectivity index (χ3v) is 7.12. The summed E-state index contributed by atoms with van der Waals surface area (Å²) in [6.07, 6.45) is 0. The average Bonchev–Trinajstić information content (AvgIpc) is 2.95. The summed E-state index contributed by atoms with van der Waals surface area (Å²) in [5.41, 5.74) is 2.65. The minimum absolute atomic E-state index is 0.0945. The number of hydrogen-bond donors (Lipinski definition) is 0. The number of benzene rings is 3. The van der Waals surface area contributed by atoms with Gasteiger partial charge in [0.25, 0.3) is 5.56 Å². The van der Waals surface area contributed by atoms with E-state index in [-0.39, 0.29) is 17.5 Å². The van der Waals surface area contributed by atoms with Crippen molar-refractivity contribution in [2.45, 2.75) is 25.4 Å². The fourth-order valence-corrected chi connectivity index (χ4v) is 5.12. The van der Waals surface area contributed by atoms with Crippen LogP contribution in [0.4, 0.5) is 0 Å². The summed E-state index contributed by atoms with van der Waals surface area (Å²) in [5.74, 6) is -0.0945. The second kappa shape index (κ2) is 10.5. The van der Waals surface area contributed by atoms with Gasteiger partial charge in [0.05, 0.1) is 11.7 Å². The van der Waals surface area contributed by atoms with Crippen LogP contribution in [0.3, 0.4) is 0 Å². The topological polar surface area (TPSA) is 58.4 Å². The Morgan fingerprint density at radius 2 is 1.24 bits per heavy atom. The third kappa shape index (κ3) is 5.11. The third-order valence-electron chi connectivity index (χ3n) is 7.12. The van der Waals surface area contributed by atoms with Gasteiger partial charge in [-0.1, -0.05) is 91.0 Å². The number of rotatable bonds is 6. The zero-order valence-electron chi connectivity index (χ0n) is 21.3. The van der Waals surface area contributed by atoms with E-state index < -0.39 is 5.54 Å². The number of hydrogen-bond acceptors (Lipinski definition) is 4. The number of piperazine rings is 1. The molecule has 6 heteroatoms. The average molecular weight is 493 g/mol. The van der Waals surface area contributed by atoms with Crippen molar-refractivity contribution in [2.24, 2.45) is 0 Å². The van der Waals surface area contributed by atoms with Crippen molar-refractivity contribution >= 4 is 5.91 Å². The van der Waals surface area contributed by atoms with E-state index in [1.54, 1.807) is 19.9 Å². The molecule has 1 amide bonds. The fraction of sp³-hybridized carbons (Fsp3) is 0.258. The SMILES string of the molecule is CC(C)(C(=O)N1CCN(C(c2ccccc2)c2ccccc2)CC1)n1nc(-c2ccccc2)ccc1=O. The lowest BCUT2D eigenvalue weighted by Gasteiger charge is -2.42. The summed E-state index contributed by atoms with van der Waals surface area (Å²) in [6.45, 7) is 6.21. The van der Waals surface area contributed by atoms with E-state index in [1.165, 1.54) is 21.9 Å². The number of amides is 1. The van der Waals surface area contributed by atoms with Gasteiger partial charge in [0.15, 0.2) is 0 Å². The first-order chi connectivity index (χ1) is 17.9. The van der Waals surface area contributed by atoms with Crippen LogP contribution < -0.4 is 5.56 Å². The molecule has 0 bridgehead atoms. The molecular weight excluding hydrogens is 460 g/mol. The van der Waals surface area contributed by atoms with Gasteiger partial charge < -0.3 is 4.90 Å². The van der Waals surface area contributed by atoms with Crippen molar-refractivity contribution in [3.05, 3.63) is 125 Å². The number of carbonyl (C=O) groups excluding carboxylic acids is 1. The van der Waals surface area contributed by atoms with Crippen LogP contribution in [0.1, 0.15) is 31.0 Å². The van der Waals surface area contributed by atoms with Gasteiger partial charge >= 0.3 is 0 Å². The van der Waals surface area contributed by atoms with Gasteiger partial charge in [0, 0.05) is 37.8 Å². The normalized spacial score (nSPS) is 14.6. The highest BCUT2D eigenvalue weighted by atomic mass is 16.2. The van der Waals surface area contributed by atoms with Gasteiger partial charge in [-0.05, 0) is 31.0 Å². The zero-order valence-corrected chi connectivity index (χ0v) is 21.3. The summed E-state index contributed by atoms with van der Waals surface area (Å²) in [7, 11) is 0. The quantitative estimate of drug-likeness (QED) is 0.395. The van der Waals surface area contributed by atoms with Gasteiger partial charge in [0.2, 0.25) is 5.91 Å². The Morgan fingerprint density at radius 1 is 0.730 bits per heavy atom. The molecule has 3 aromatic carbocycles. The van der Waals surface area contributed by atoms with Crippen molar-refractivity contribution in [1.82, 2.24) is 19.6 Å². The molecule has 5 rings (SSSR count). The van der Waals surface area contributed by atoms with Crippen LogP contribution in [0, 0.1) is 0 Å². The Labute approximate surface area is 217 Å². The number of nitrogens with zero attached hydrogens (tertiary/aromatic N) is 4. The predicted molar refractivity (Wildman–Crippen MR) is 146 cm³/mol. The lowest BCUT2D eigenvalue weighted by Crippen LogP contribution is -2.57. The van der Waals surface area contributed by atoms with E-state index in [9.17, 15) is 9.59 Å². The molecule has 188 valence electrons. The predicted octanol–water partition coefficient (Wildman–Crippen LogP) is 4.58. The van der Waals surface area contributed by atoms with Gasteiger partial charge in [0.1, 0.15) is 5.54 Å². The fourth-order valence-electron chi connectivity index (χ4n) is 5.12. The highest BCUT2D eigenvalue weighted by molar-refractivity contribution is 5.83. The molecule has 0 radical (unpaired) electrons. The van der Waals surface area contributed by atoms with E-state index in [4.69, 9.17) is 0 Å². The molecule has 0 atom stereocenters. The van der Waals surface area contributed by atoms with Crippen LogP contribution in [-0.4, -0.2) is 51.7 Å². The van der Waals surface area contributed by atoms with Crippen molar-refractivity contribution in [3.63, 3.8) is 0 Å². The van der Waals surface area contributed by atoms with E-state index >= 15 is 0 Å². The largest absolute Gasteiger partial charge is 0.338 e. The molecule has 6 nitrogen and oxygen atoms in total. The molecule has 0 N–H and O–H groups in total. The highest BCUT2D eigenvalue weighted by Crippen LogP contribution is 2.30. The summed E-state index contributed by atoms with van der Waals surface area (Å²) in [6, 6.07) is 34.0.